The minimum atomic E-state index is -0.616. The Morgan fingerprint density at radius 1 is 0.345 bits per heavy atom. The van der Waals surface area contributed by atoms with Gasteiger partial charge in [0.2, 0.25) is 0 Å². The first-order chi connectivity index (χ1) is 28.8. The molecule has 0 saturated carbocycles. The van der Waals surface area contributed by atoms with Gasteiger partial charge < -0.3 is 4.74 Å². The Labute approximate surface area is 336 Å². The maximum absolute atomic E-state index is 6.73. The Balaban J connectivity index is 1.07. The van der Waals surface area contributed by atoms with E-state index in [0.29, 0.717) is 5.82 Å². The lowest BCUT2D eigenvalue weighted by molar-refractivity contribution is 0.437. The summed E-state index contributed by atoms with van der Waals surface area (Å²) in [5.41, 5.74) is 14.0. The SMILES string of the molecule is c1ccc(-c2cc(-c3ccccc3)nc(-c3ccc(-c4ccc5c(c4)C4(c6ccccc6Oc6ccccc64)c4c-5c5ccccc5c5ccccc45)cc3)n2)cc1. The van der Waals surface area contributed by atoms with Gasteiger partial charge in [-0.05, 0) is 79.2 Å². The maximum Gasteiger partial charge on any atom is 0.160 e. The van der Waals surface area contributed by atoms with Gasteiger partial charge in [-0.15, -0.1) is 0 Å². The van der Waals surface area contributed by atoms with E-state index in [0.717, 1.165) is 61.8 Å². The average Bonchev–Trinajstić information content (AvgIpc) is 3.60. The van der Waals surface area contributed by atoms with E-state index in [2.05, 4.69) is 194 Å². The zero-order chi connectivity index (χ0) is 38.2. The van der Waals surface area contributed by atoms with Gasteiger partial charge in [0.15, 0.2) is 5.82 Å². The number of ether oxygens (including phenoxy) is 1. The summed E-state index contributed by atoms with van der Waals surface area (Å²) in [6.45, 7) is 0. The van der Waals surface area contributed by atoms with E-state index in [1.54, 1.807) is 0 Å². The van der Waals surface area contributed by atoms with Crippen LogP contribution in [-0.4, -0.2) is 9.97 Å². The van der Waals surface area contributed by atoms with E-state index in [1.807, 2.05) is 12.1 Å². The monoisotopic (exact) mass is 738 g/mol. The largest absolute Gasteiger partial charge is 0.457 e. The van der Waals surface area contributed by atoms with Gasteiger partial charge in [0.05, 0.1) is 16.8 Å². The van der Waals surface area contributed by atoms with Crippen molar-refractivity contribution in [1.29, 1.82) is 0 Å². The van der Waals surface area contributed by atoms with Crippen molar-refractivity contribution < 1.29 is 4.74 Å². The topological polar surface area (TPSA) is 35.0 Å². The number of hydrogen-bond acceptors (Lipinski definition) is 3. The van der Waals surface area contributed by atoms with E-state index in [1.165, 1.54) is 43.8 Å². The van der Waals surface area contributed by atoms with Crippen LogP contribution in [0.1, 0.15) is 22.3 Å². The molecule has 0 unspecified atom stereocenters. The fourth-order valence-electron chi connectivity index (χ4n) is 9.65. The third-order valence-electron chi connectivity index (χ3n) is 12.1. The van der Waals surface area contributed by atoms with Crippen molar-refractivity contribution >= 4 is 21.5 Å². The van der Waals surface area contributed by atoms with E-state index in [4.69, 9.17) is 14.7 Å². The molecule has 2 aliphatic rings. The van der Waals surface area contributed by atoms with Crippen molar-refractivity contribution in [1.82, 2.24) is 9.97 Å². The molecule has 0 fully saturated rings. The van der Waals surface area contributed by atoms with Crippen LogP contribution in [0, 0.1) is 0 Å². The predicted octanol–water partition coefficient (Wildman–Crippen LogP) is 13.9. The van der Waals surface area contributed by atoms with Crippen LogP contribution in [0.15, 0.2) is 206 Å². The lowest BCUT2D eigenvalue weighted by atomic mass is 9.64. The van der Waals surface area contributed by atoms with Crippen LogP contribution in [0.25, 0.3) is 77.7 Å². The number of para-hydroxylation sites is 2. The van der Waals surface area contributed by atoms with Gasteiger partial charge in [0.1, 0.15) is 11.5 Å². The van der Waals surface area contributed by atoms with Gasteiger partial charge in [-0.1, -0.05) is 182 Å². The first kappa shape index (κ1) is 32.6. The van der Waals surface area contributed by atoms with Crippen LogP contribution in [0.2, 0.25) is 0 Å². The molecular weight excluding hydrogens is 705 g/mol. The molecule has 0 atom stereocenters. The van der Waals surface area contributed by atoms with Gasteiger partial charge >= 0.3 is 0 Å². The summed E-state index contributed by atoms with van der Waals surface area (Å²) in [5.74, 6) is 2.48. The highest BCUT2D eigenvalue weighted by atomic mass is 16.5. The summed E-state index contributed by atoms with van der Waals surface area (Å²) in [6, 6.07) is 73.6. The molecular formula is C55H34N2O. The van der Waals surface area contributed by atoms with E-state index in [-0.39, 0.29) is 0 Å². The van der Waals surface area contributed by atoms with Crippen LogP contribution < -0.4 is 4.74 Å². The highest BCUT2D eigenvalue weighted by molar-refractivity contribution is 6.19. The number of aromatic nitrogens is 2. The molecule has 1 aliphatic heterocycles. The van der Waals surface area contributed by atoms with Crippen LogP contribution in [0.5, 0.6) is 11.5 Å². The molecule has 0 radical (unpaired) electrons. The van der Waals surface area contributed by atoms with Crippen molar-refractivity contribution in [3.8, 4) is 67.7 Å². The highest BCUT2D eigenvalue weighted by Crippen LogP contribution is 2.65. The molecule has 2 heterocycles. The number of nitrogens with zero attached hydrogens (tertiary/aromatic N) is 2. The smallest absolute Gasteiger partial charge is 0.160 e. The summed E-state index contributed by atoms with van der Waals surface area (Å²) < 4.78 is 6.73. The summed E-state index contributed by atoms with van der Waals surface area (Å²) >= 11 is 0. The molecule has 1 aliphatic carbocycles. The van der Waals surface area contributed by atoms with Crippen LogP contribution in [0.3, 0.4) is 0 Å². The van der Waals surface area contributed by atoms with E-state index >= 15 is 0 Å². The molecule has 0 amide bonds. The normalized spacial score (nSPS) is 13.1. The lowest BCUT2D eigenvalue weighted by Gasteiger charge is -2.40. The van der Waals surface area contributed by atoms with Crippen LogP contribution >= 0.6 is 0 Å². The molecule has 3 heteroatoms. The standard InChI is InChI=1S/C55H34N2O/c1-3-15-36(16-4-1)48-34-49(37-17-5-2-6-18-37)57-54(56-48)38-29-27-35(28-30-38)39-31-32-44-47(33-39)55(45-23-11-13-25-50(45)58-51-26-14-12-24-46(51)55)53-43-22-10-8-20-41(43)40-19-7-9-21-42(40)52(44)53/h1-34H. The quantitative estimate of drug-likeness (QED) is 0.169. The Morgan fingerprint density at radius 3 is 1.45 bits per heavy atom. The second-order valence-corrected chi connectivity index (χ2v) is 15.2. The average molecular weight is 739 g/mol. The maximum atomic E-state index is 6.73. The molecule has 10 aromatic rings. The molecule has 12 rings (SSSR count). The Hall–Kier alpha value is -7.62. The fourth-order valence-corrected chi connectivity index (χ4v) is 9.65. The third-order valence-corrected chi connectivity index (χ3v) is 12.1. The van der Waals surface area contributed by atoms with E-state index < -0.39 is 5.41 Å². The minimum Gasteiger partial charge on any atom is -0.457 e. The van der Waals surface area contributed by atoms with Crippen molar-refractivity contribution in [2.45, 2.75) is 5.41 Å². The first-order valence-corrected chi connectivity index (χ1v) is 19.8. The third kappa shape index (κ3) is 4.74. The molecule has 0 N–H and O–H groups in total. The minimum absolute atomic E-state index is 0.616. The summed E-state index contributed by atoms with van der Waals surface area (Å²) in [6.07, 6.45) is 0. The molecule has 3 nitrogen and oxygen atoms in total. The van der Waals surface area contributed by atoms with Gasteiger partial charge in [-0.25, -0.2) is 9.97 Å². The Morgan fingerprint density at radius 2 is 0.828 bits per heavy atom. The van der Waals surface area contributed by atoms with Gasteiger partial charge in [-0.2, -0.15) is 0 Å². The molecule has 1 aromatic heterocycles. The molecule has 1 spiro atoms. The Kier molecular flexibility index (Phi) is 7.14. The van der Waals surface area contributed by atoms with Crippen LogP contribution in [-0.2, 0) is 5.41 Å². The number of hydrogen-bond donors (Lipinski definition) is 0. The van der Waals surface area contributed by atoms with Crippen molar-refractivity contribution in [2.75, 3.05) is 0 Å². The molecule has 9 aromatic carbocycles. The molecule has 58 heavy (non-hydrogen) atoms. The second-order valence-electron chi connectivity index (χ2n) is 15.2. The zero-order valence-electron chi connectivity index (χ0n) is 31.4. The summed E-state index contributed by atoms with van der Waals surface area (Å²) in [7, 11) is 0. The molecule has 0 saturated heterocycles. The zero-order valence-corrected chi connectivity index (χ0v) is 31.4. The van der Waals surface area contributed by atoms with Gasteiger partial charge in [0, 0.05) is 27.8 Å². The second kappa shape index (κ2) is 12.7. The van der Waals surface area contributed by atoms with Crippen molar-refractivity contribution in [3.05, 3.63) is 229 Å². The number of fused-ring (bicyclic) bond motifs is 14. The van der Waals surface area contributed by atoms with Gasteiger partial charge in [0.25, 0.3) is 0 Å². The molecule has 0 bridgehead atoms. The number of benzene rings is 9. The van der Waals surface area contributed by atoms with E-state index in [9.17, 15) is 0 Å². The first-order valence-electron chi connectivity index (χ1n) is 19.8. The summed E-state index contributed by atoms with van der Waals surface area (Å²) in [5, 5.41) is 5.05. The Bertz CT molecular complexity index is 3140. The molecule has 270 valence electrons. The predicted molar refractivity (Wildman–Crippen MR) is 236 cm³/mol. The van der Waals surface area contributed by atoms with Crippen LogP contribution in [0.4, 0.5) is 0 Å². The van der Waals surface area contributed by atoms with Crippen molar-refractivity contribution in [3.63, 3.8) is 0 Å². The van der Waals surface area contributed by atoms with Crippen molar-refractivity contribution in [2.24, 2.45) is 0 Å². The highest BCUT2D eigenvalue weighted by Gasteiger charge is 2.52. The lowest BCUT2D eigenvalue weighted by Crippen LogP contribution is -2.32. The summed E-state index contributed by atoms with van der Waals surface area (Å²) in [4.78, 5) is 10.2. The van der Waals surface area contributed by atoms with Gasteiger partial charge in [-0.3, -0.25) is 0 Å². The fraction of sp³-hybridized carbons (Fsp3) is 0.0182. The number of rotatable bonds is 4.